The average Bonchev–Trinajstić information content (AvgIpc) is 2.04. The topological polar surface area (TPSA) is 37.3 Å². The first-order chi connectivity index (χ1) is 5.63. The van der Waals surface area contributed by atoms with Gasteiger partial charge >= 0.3 is 8.03 Å². The lowest BCUT2D eigenvalue weighted by atomic mass is 10.0. The lowest BCUT2D eigenvalue weighted by Gasteiger charge is -2.02. The second-order valence-electron chi connectivity index (χ2n) is 2.99. The van der Waals surface area contributed by atoms with Crippen LogP contribution in [0.2, 0.25) is 0 Å². The predicted molar refractivity (Wildman–Crippen MR) is 50.0 cm³/mol. The maximum Gasteiger partial charge on any atom is 0.546 e. The Morgan fingerprint density at radius 3 is 2.33 bits per heavy atom. The predicted octanol–water partition coefficient (Wildman–Crippen LogP) is 2.17. The Morgan fingerprint density at radius 2 is 1.92 bits per heavy atom. The molecule has 1 aromatic rings. The standard InChI is InChI=1S/C9H11O2P/c1-7(2)8-5-3-4-6-9(8)12(10)11/h3-7H,1-2H3/p+1. The monoisotopic (exact) mass is 183 g/mol. The van der Waals surface area contributed by atoms with Crippen molar-refractivity contribution in [2.75, 3.05) is 0 Å². The Bertz CT molecular complexity index is 294. The largest absolute Gasteiger partial charge is 0.546 e. The maximum absolute atomic E-state index is 10.9. The van der Waals surface area contributed by atoms with E-state index in [0.29, 0.717) is 11.2 Å². The molecule has 1 atom stereocenters. The number of hydrogen-bond acceptors (Lipinski definition) is 1. The first-order valence-electron chi connectivity index (χ1n) is 3.88. The van der Waals surface area contributed by atoms with E-state index in [1.807, 2.05) is 26.0 Å². The van der Waals surface area contributed by atoms with Crippen LogP contribution in [0.4, 0.5) is 0 Å². The maximum atomic E-state index is 10.9. The van der Waals surface area contributed by atoms with Crippen LogP contribution in [0.5, 0.6) is 0 Å². The Balaban J connectivity index is 3.17. The quantitative estimate of drug-likeness (QED) is 0.713. The molecule has 0 aromatic heterocycles. The van der Waals surface area contributed by atoms with Gasteiger partial charge in [0.1, 0.15) is 0 Å². The van der Waals surface area contributed by atoms with Crippen molar-refractivity contribution in [1.82, 2.24) is 0 Å². The molecule has 0 aliphatic carbocycles. The number of hydrogen-bond donors (Lipinski definition) is 1. The van der Waals surface area contributed by atoms with E-state index in [1.54, 1.807) is 12.1 Å². The van der Waals surface area contributed by atoms with Gasteiger partial charge in [-0.2, -0.15) is 4.89 Å². The summed E-state index contributed by atoms with van der Waals surface area (Å²) in [6.45, 7) is 4.02. The molecule has 0 saturated carbocycles. The summed E-state index contributed by atoms with van der Waals surface area (Å²) in [6.07, 6.45) is 0. The molecule has 0 saturated heterocycles. The van der Waals surface area contributed by atoms with Gasteiger partial charge in [-0.1, -0.05) is 32.0 Å². The van der Waals surface area contributed by atoms with Crippen LogP contribution in [0.15, 0.2) is 24.3 Å². The van der Waals surface area contributed by atoms with Crippen LogP contribution in [0.25, 0.3) is 0 Å². The first kappa shape index (κ1) is 9.37. The highest BCUT2D eigenvalue weighted by Gasteiger charge is 2.21. The average molecular weight is 183 g/mol. The van der Waals surface area contributed by atoms with Crippen molar-refractivity contribution >= 4 is 13.3 Å². The van der Waals surface area contributed by atoms with E-state index < -0.39 is 8.03 Å². The minimum absolute atomic E-state index is 0.298. The molecule has 0 aliphatic heterocycles. The van der Waals surface area contributed by atoms with Gasteiger partial charge in [0.15, 0.2) is 0 Å². The van der Waals surface area contributed by atoms with Crippen molar-refractivity contribution in [3.63, 3.8) is 0 Å². The lowest BCUT2D eigenvalue weighted by molar-refractivity contribution is 0.513. The van der Waals surface area contributed by atoms with E-state index in [0.717, 1.165) is 5.56 Å². The van der Waals surface area contributed by atoms with Gasteiger partial charge in [0.05, 0.1) is 0 Å². The summed E-state index contributed by atoms with van der Waals surface area (Å²) in [5.74, 6) is 0.298. The van der Waals surface area contributed by atoms with Gasteiger partial charge in [-0.05, 0) is 16.5 Å². The van der Waals surface area contributed by atoms with Gasteiger partial charge in [0.25, 0.3) is 0 Å². The summed E-state index contributed by atoms with van der Waals surface area (Å²) in [5.41, 5.74) is 0.959. The molecule has 64 valence electrons. The normalized spacial score (nSPS) is 11.8. The summed E-state index contributed by atoms with van der Waals surface area (Å²) in [4.78, 5) is 8.96. The van der Waals surface area contributed by atoms with Crippen LogP contribution in [-0.2, 0) is 4.57 Å². The Kier molecular flexibility index (Phi) is 2.96. The van der Waals surface area contributed by atoms with Crippen LogP contribution >= 0.6 is 8.03 Å². The van der Waals surface area contributed by atoms with Crippen LogP contribution in [0.1, 0.15) is 25.3 Å². The molecule has 1 rings (SSSR count). The summed E-state index contributed by atoms with van der Waals surface area (Å²) in [7, 11) is -2.20. The van der Waals surface area contributed by atoms with E-state index in [4.69, 9.17) is 4.89 Å². The zero-order chi connectivity index (χ0) is 9.14. The molecule has 1 aromatic carbocycles. The van der Waals surface area contributed by atoms with Crippen LogP contribution in [-0.4, -0.2) is 4.89 Å². The van der Waals surface area contributed by atoms with E-state index in [-0.39, 0.29) is 0 Å². The second-order valence-corrected chi connectivity index (χ2v) is 4.01. The molecule has 0 fully saturated rings. The number of rotatable bonds is 2. The van der Waals surface area contributed by atoms with Crippen molar-refractivity contribution in [1.29, 1.82) is 0 Å². The molecule has 0 radical (unpaired) electrons. The molecule has 0 bridgehead atoms. The van der Waals surface area contributed by atoms with E-state index in [2.05, 4.69) is 0 Å². The number of benzene rings is 1. The van der Waals surface area contributed by atoms with E-state index in [1.165, 1.54) is 0 Å². The van der Waals surface area contributed by atoms with E-state index >= 15 is 0 Å². The fourth-order valence-electron chi connectivity index (χ4n) is 1.15. The molecular formula is C9H12O2P+. The van der Waals surface area contributed by atoms with Crippen molar-refractivity contribution in [3.05, 3.63) is 29.8 Å². The zero-order valence-electron chi connectivity index (χ0n) is 7.19. The SMILES string of the molecule is CC(C)c1ccccc1[P+](=O)O. The Labute approximate surface area is 73.1 Å². The molecule has 0 aliphatic rings. The molecule has 0 heterocycles. The molecule has 12 heavy (non-hydrogen) atoms. The van der Waals surface area contributed by atoms with Gasteiger partial charge < -0.3 is 0 Å². The van der Waals surface area contributed by atoms with Crippen LogP contribution in [0.3, 0.4) is 0 Å². The molecular weight excluding hydrogens is 171 g/mol. The summed E-state index contributed by atoms with van der Waals surface area (Å²) >= 11 is 0. The summed E-state index contributed by atoms with van der Waals surface area (Å²) in [6, 6.07) is 7.26. The third-order valence-corrected chi connectivity index (χ3v) is 2.58. The second kappa shape index (κ2) is 3.79. The molecule has 1 unspecified atom stereocenters. The van der Waals surface area contributed by atoms with Crippen LogP contribution < -0.4 is 5.30 Å². The first-order valence-corrected chi connectivity index (χ1v) is 5.09. The van der Waals surface area contributed by atoms with Crippen molar-refractivity contribution in [2.45, 2.75) is 19.8 Å². The minimum Gasteiger partial charge on any atom is -0.156 e. The minimum atomic E-state index is -2.20. The molecule has 3 heteroatoms. The van der Waals surface area contributed by atoms with Gasteiger partial charge in [-0.15, -0.1) is 0 Å². The Hall–Kier alpha value is -0.720. The zero-order valence-corrected chi connectivity index (χ0v) is 8.08. The highest BCUT2D eigenvalue weighted by molar-refractivity contribution is 7.47. The van der Waals surface area contributed by atoms with Crippen molar-refractivity contribution < 1.29 is 9.46 Å². The van der Waals surface area contributed by atoms with Crippen molar-refractivity contribution in [3.8, 4) is 0 Å². The Morgan fingerprint density at radius 1 is 1.33 bits per heavy atom. The van der Waals surface area contributed by atoms with Crippen molar-refractivity contribution in [2.24, 2.45) is 0 Å². The third-order valence-electron chi connectivity index (χ3n) is 1.76. The van der Waals surface area contributed by atoms with Gasteiger partial charge in [-0.25, -0.2) is 0 Å². The third kappa shape index (κ3) is 1.90. The molecule has 1 N–H and O–H groups in total. The molecule has 0 spiro atoms. The van der Waals surface area contributed by atoms with Gasteiger partial charge in [0, 0.05) is 5.56 Å². The highest BCUT2D eigenvalue weighted by atomic mass is 31.1. The smallest absolute Gasteiger partial charge is 0.156 e. The fraction of sp³-hybridized carbons (Fsp3) is 0.333. The van der Waals surface area contributed by atoms with Gasteiger partial charge in [-0.3, -0.25) is 0 Å². The molecule has 2 nitrogen and oxygen atoms in total. The lowest BCUT2D eigenvalue weighted by Crippen LogP contribution is -2.06. The summed E-state index contributed by atoms with van der Waals surface area (Å²) < 4.78 is 10.9. The van der Waals surface area contributed by atoms with Gasteiger partial charge in [0.2, 0.25) is 5.30 Å². The highest BCUT2D eigenvalue weighted by Crippen LogP contribution is 2.21. The van der Waals surface area contributed by atoms with Crippen LogP contribution in [0, 0.1) is 0 Å². The fourth-order valence-corrected chi connectivity index (χ4v) is 1.92. The summed E-state index contributed by atoms with van der Waals surface area (Å²) in [5, 5.41) is 0.558. The van der Waals surface area contributed by atoms with E-state index in [9.17, 15) is 4.57 Å². The molecule has 0 amide bonds.